The molecule has 3 heterocycles. The number of rotatable bonds is 3. The Balaban J connectivity index is 1.93. The van der Waals surface area contributed by atoms with Crippen LogP contribution in [0.25, 0.3) is 22.2 Å². The predicted octanol–water partition coefficient (Wildman–Crippen LogP) is 2.54. The maximum Gasteiger partial charge on any atom is 0.331 e. The molecular formula is C24H23N3O5. The number of ether oxygens (including phenoxy) is 2. The number of methoxy groups -OCH3 is 1. The van der Waals surface area contributed by atoms with Crippen molar-refractivity contribution >= 4 is 10.9 Å². The molecule has 0 aliphatic carbocycles. The highest BCUT2D eigenvalue weighted by molar-refractivity contribution is 5.96. The summed E-state index contributed by atoms with van der Waals surface area (Å²) in [6.07, 6.45) is -0.628. The third-order valence-corrected chi connectivity index (χ3v) is 6.14. The van der Waals surface area contributed by atoms with Gasteiger partial charge in [-0.3, -0.25) is 13.9 Å². The van der Waals surface area contributed by atoms with Crippen LogP contribution in [0.4, 0.5) is 0 Å². The Morgan fingerprint density at radius 3 is 2.44 bits per heavy atom. The zero-order valence-corrected chi connectivity index (χ0v) is 18.0. The van der Waals surface area contributed by atoms with Gasteiger partial charge in [-0.25, -0.2) is 4.79 Å². The minimum Gasteiger partial charge on any atom is -0.508 e. The third-order valence-electron chi connectivity index (χ3n) is 6.14. The number of phenolic OH excluding ortho intramolecular Hbond substituents is 1. The third kappa shape index (κ3) is 2.80. The van der Waals surface area contributed by atoms with Gasteiger partial charge in [-0.05, 0) is 35.9 Å². The van der Waals surface area contributed by atoms with Crippen molar-refractivity contribution in [2.75, 3.05) is 13.7 Å². The molecule has 0 saturated heterocycles. The summed E-state index contributed by atoms with van der Waals surface area (Å²) in [5.74, 6) is 0.805. The van der Waals surface area contributed by atoms with Crippen molar-refractivity contribution in [3.63, 3.8) is 0 Å². The van der Waals surface area contributed by atoms with E-state index in [1.54, 1.807) is 32.4 Å². The van der Waals surface area contributed by atoms with Gasteiger partial charge in [0, 0.05) is 26.2 Å². The van der Waals surface area contributed by atoms with Crippen LogP contribution in [0.1, 0.15) is 17.4 Å². The largest absolute Gasteiger partial charge is 0.508 e. The summed E-state index contributed by atoms with van der Waals surface area (Å²) >= 11 is 0. The van der Waals surface area contributed by atoms with Gasteiger partial charge in [-0.2, -0.15) is 0 Å². The highest BCUT2D eigenvalue weighted by Gasteiger charge is 2.34. The van der Waals surface area contributed by atoms with Crippen molar-refractivity contribution in [1.29, 1.82) is 0 Å². The smallest absolute Gasteiger partial charge is 0.331 e. The van der Waals surface area contributed by atoms with Crippen molar-refractivity contribution in [2.24, 2.45) is 14.1 Å². The topological polar surface area (TPSA) is 87.6 Å². The molecule has 1 aliphatic rings. The van der Waals surface area contributed by atoms with E-state index in [-0.39, 0.29) is 11.3 Å². The normalized spacial score (nSPS) is 15.7. The first-order chi connectivity index (χ1) is 15.4. The summed E-state index contributed by atoms with van der Waals surface area (Å²) in [6.45, 7) is 0.900. The van der Waals surface area contributed by atoms with Gasteiger partial charge in [0.05, 0.1) is 36.0 Å². The molecule has 4 aromatic rings. The maximum absolute atomic E-state index is 13.4. The van der Waals surface area contributed by atoms with E-state index in [1.165, 1.54) is 11.6 Å². The second kappa shape index (κ2) is 7.42. The second-order valence-electron chi connectivity index (χ2n) is 7.85. The lowest BCUT2D eigenvalue weighted by molar-refractivity contribution is 0.0464. The molecule has 0 saturated carbocycles. The van der Waals surface area contributed by atoms with Gasteiger partial charge < -0.3 is 19.1 Å². The van der Waals surface area contributed by atoms with Crippen molar-refractivity contribution in [3.05, 3.63) is 80.6 Å². The van der Waals surface area contributed by atoms with Gasteiger partial charge in [-0.15, -0.1) is 0 Å². The number of hydrogen-bond acceptors (Lipinski definition) is 5. The first-order valence-corrected chi connectivity index (χ1v) is 10.3. The Morgan fingerprint density at radius 1 is 1.03 bits per heavy atom. The first-order valence-electron chi connectivity index (χ1n) is 10.3. The Morgan fingerprint density at radius 2 is 1.75 bits per heavy atom. The van der Waals surface area contributed by atoms with Crippen molar-refractivity contribution < 1.29 is 14.6 Å². The van der Waals surface area contributed by atoms with E-state index in [0.29, 0.717) is 41.1 Å². The lowest BCUT2D eigenvalue weighted by atomic mass is 10.0. The van der Waals surface area contributed by atoms with Gasteiger partial charge in [0.1, 0.15) is 17.6 Å². The average Bonchev–Trinajstić information content (AvgIpc) is 3.17. The van der Waals surface area contributed by atoms with E-state index in [4.69, 9.17) is 9.47 Å². The minimum absolute atomic E-state index is 0.0973. The van der Waals surface area contributed by atoms with Crippen molar-refractivity contribution in [2.45, 2.75) is 12.6 Å². The molecule has 0 spiro atoms. The summed E-state index contributed by atoms with van der Waals surface area (Å²) in [5.41, 5.74) is 2.54. The van der Waals surface area contributed by atoms with E-state index in [9.17, 15) is 14.7 Å². The molecule has 0 amide bonds. The summed E-state index contributed by atoms with van der Waals surface area (Å²) in [7, 11) is 4.73. The number of phenols is 1. The van der Waals surface area contributed by atoms with Crippen LogP contribution in [-0.2, 0) is 25.4 Å². The lowest BCUT2D eigenvalue weighted by Gasteiger charge is -2.28. The zero-order chi connectivity index (χ0) is 22.6. The minimum atomic E-state index is -0.628. The molecule has 1 unspecified atom stereocenters. The fourth-order valence-electron chi connectivity index (χ4n) is 4.57. The van der Waals surface area contributed by atoms with E-state index in [1.807, 2.05) is 34.9 Å². The molecule has 2 aromatic heterocycles. The van der Waals surface area contributed by atoms with E-state index >= 15 is 0 Å². The molecule has 2 aromatic carbocycles. The fraction of sp³-hybridized carbons (Fsp3) is 0.250. The molecule has 1 N–H and O–H groups in total. The molecule has 0 fully saturated rings. The Kier molecular flexibility index (Phi) is 4.67. The summed E-state index contributed by atoms with van der Waals surface area (Å²) < 4.78 is 16.0. The number of para-hydroxylation sites is 1. The molecule has 0 radical (unpaired) electrons. The van der Waals surface area contributed by atoms with Crippen molar-refractivity contribution in [1.82, 2.24) is 13.7 Å². The zero-order valence-electron chi connectivity index (χ0n) is 18.0. The van der Waals surface area contributed by atoms with Crippen LogP contribution >= 0.6 is 0 Å². The number of aryl methyl sites for hydroxylation is 1. The van der Waals surface area contributed by atoms with Gasteiger partial charge in [-0.1, -0.05) is 18.2 Å². The highest BCUT2D eigenvalue weighted by Crippen LogP contribution is 2.42. The van der Waals surface area contributed by atoms with E-state index in [2.05, 4.69) is 0 Å². The molecule has 164 valence electrons. The molecule has 1 aliphatic heterocycles. The molecule has 5 rings (SSSR count). The first kappa shape index (κ1) is 20.1. The molecule has 8 nitrogen and oxygen atoms in total. The van der Waals surface area contributed by atoms with E-state index in [0.717, 1.165) is 15.8 Å². The van der Waals surface area contributed by atoms with Gasteiger partial charge in [0.2, 0.25) is 0 Å². The lowest BCUT2D eigenvalue weighted by Crippen LogP contribution is -2.37. The highest BCUT2D eigenvalue weighted by atomic mass is 16.5. The predicted molar refractivity (Wildman–Crippen MR) is 120 cm³/mol. The van der Waals surface area contributed by atoms with Gasteiger partial charge >= 0.3 is 5.69 Å². The standard InChI is InChI=1S/C24H23N3O5/c1-25-20-18(23(29)26(2)24(25)30)19(14-8-10-15(31-3)11-9-14)27-12-13-32-22(21(20)27)16-6-4-5-7-17(16)28/h4-11,22,28H,12-13H2,1-3H3. The summed E-state index contributed by atoms with van der Waals surface area (Å²) in [5, 5.41) is 11.0. The molecule has 8 heteroatoms. The quantitative estimate of drug-likeness (QED) is 0.537. The number of nitrogens with zero attached hydrogens (tertiary/aromatic N) is 3. The Hall–Kier alpha value is -3.78. The summed E-state index contributed by atoms with van der Waals surface area (Å²) in [4.78, 5) is 26.2. The maximum atomic E-state index is 13.4. The monoisotopic (exact) mass is 433 g/mol. The number of aromatic nitrogens is 3. The van der Waals surface area contributed by atoms with Crippen LogP contribution in [0.15, 0.2) is 58.1 Å². The fourth-order valence-corrected chi connectivity index (χ4v) is 4.57. The van der Waals surface area contributed by atoms with Crippen molar-refractivity contribution in [3.8, 4) is 22.8 Å². The molecule has 1 atom stereocenters. The Labute approximate surface area is 183 Å². The van der Waals surface area contributed by atoms with Crippen LogP contribution < -0.4 is 16.0 Å². The van der Waals surface area contributed by atoms with E-state index < -0.39 is 11.8 Å². The second-order valence-corrected chi connectivity index (χ2v) is 7.85. The average molecular weight is 433 g/mol. The van der Waals surface area contributed by atoms with Gasteiger partial charge in [0.15, 0.2) is 0 Å². The van der Waals surface area contributed by atoms with Crippen LogP contribution in [0.3, 0.4) is 0 Å². The van der Waals surface area contributed by atoms with Crippen LogP contribution in [0.2, 0.25) is 0 Å². The number of benzene rings is 2. The molecule has 32 heavy (non-hydrogen) atoms. The SMILES string of the molecule is COc1ccc(-c2c3c(=O)n(C)c(=O)n(C)c3c3n2CCOC3c2ccccc2O)cc1. The number of aromatic hydroxyl groups is 1. The number of fused-ring (bicyclic) bond motifs is 3. The van der Waals surface area contributed by atoms with Crippen LogP contribution in [0, 0.1) is 0 Å². The van der Waals surface area contributed by atoms with Crippen LogP contribution in [-0.4, -0.2) is 32.5 Å². The molecule has 0 bridgehead atoms. The number of hydrogen-bond donors (Lipinski definition) is 1. The molecular weight excluding hydrogens is 410 g/mol. The van der Waals surface area contributed by atoms with Crippen LogP contribution in [0.5, 0.6) is 11.5 Å². The van der Waals surface area contributed by atoms with Gasteiger partial charge in [0.25, 0.3) is 5.56 Å². The summed E-state index contributed by atoms with van der Waals surface area (Å²) in [6, 6.07) is 14.4. The Bertz CT molecular complexity index is 1460.